The molecular weight excluding hydrogens is 377 g/mol. The summed E-state index contributed by atoms with van der Waals surface area (Å²) >= 11 is 0. The number of anilines is 2. The molecule has 0 spiro atoms. The molecular formula is C20H18FN5O3. The third-order valence-electron chi connectivity index (χ3n) is 4.67. The van der Waals surface area contributed by atoms with Crippen LogP contribution < -0.4 is 21.3 Å². The molecule has 1 aliphatic rings. The summed E-state index contributed by atoms with van der Waals surface area (Å²) in [6, 6.07) is 15.1. The fourth-order valence-electron chi connectivity index (χ4n) is 3.19. The highest BCUT2D eigenvalue weighted by atomic mass is 19.1. The summed E-state index contributed by atoms with van der Waals surface area (Å²) in [6.07, 6.45) is 0. The zero-order chi connectivity index (χ0) is 20.4. The normalized spacial score (nSPS) is 12.7. The van der Waals surface area contributed by atoms with Crippen LogP contribution in [0.25, 0.3) is 0 Å². The average molecular weight is 395 g/mol. The molecule has 29 heavy (non-hydrogen) atoms. The van der Waals surface area contributed by atoms with E-state index in [1.807, 2.05) is 30.3 Å². The van der Waals surface area contributed by atoms with Gasteiger partial charge in [0.15, 0.2) is 0 Å². The van der Waals surface area contributed by atoms with Crippen molar-refractivity contribution >= 4 is 17.5 Å². The lowest BCUT2D eigenvalue weighted by atomic mass is 10.2. The van der Waals surface area contributed by atoms with Crippen LogP contribution >= 0.6 is 0 Å². The molecule has 2 heterocycles. The second-order valence-electron chi connectivity index (χ2n) is 6.61. The van der Waals surface area contributed by atoms with Gasteiger partial charge in [0, 0.05) is 25.3 Å². The van der Waals surface area contributed by atoms with Crippen LogP contribution in [0, 0.1) is 5.82 Å². The number of benzene rings is 2. The Hall–Kier alpha value is -3.75. The van der Waals surface area contributed by atoms with Crippen molar-refractivity contribution < 1.29 is 9.18 Å². The first kappa shape index (κ1) is 18.6. The maximum atomic E-state index is 13.2. The van der Waals surface area contributed by atoms with Crippen LogP contribution in [0.5, 0.6) is 0 Å². The van der Waals surface area contributed by atoms with E-state index < -0.39 is 17.0 Å². The number of nitrogens with one attached hydrogen (secondary N) is 1. The molecule has 1 aliphatic heterocycles. The highest BCUT2D eigenvalue weighted by Gasteiger charge is 2.26. The predicted octanol–water partition coefficient (Wildman–Crippen LogP) is 1.01. The van der Waals surface area contributed by atoms with Crippen LogP contribution in [0.4, 0.5) is 16.0 Å². The molecule has 148 valence electrons. The Morgan fingerprint density at radius 3 is 2.45 bits per heavy atom. The molecule has 0 radical (unpaired) electrons. The largest absolute Gasteiger partial charge is 0.350 e. The van der Waals surface area contributed by atoms with Crippen molar-refractivity contribution in [2.45, 2.75) is 19.6 Å². The van der Waals surface area contributed by atoms with Gasteiger partial charge in [0.2, 0.25) is 11.9 Å². The first-order chi connectivity index (χ1) is 14.0. The van der Waals surface area contributed by atoms with Crippen LogP contribution in [0.1, 0.15) is 5.56 Å². The van der Waals surface area contributed by atoms with E-state index in [0.717, 1.165) is 10.2 Å². The number of aromatic nitrogens is 3. The number of rotatable bonds is 5. The molecule has 1 aromatic heterocycles. The lowest BCUT2D eigenvalue weighted by Crippen LogP contribution is -2.44. The van der Waals surface area contributed by atoms with E-state index in [9.17, 15) is 18.8 Å². The van der Waals surface area contributed by atoms with E-state index in [-0.39, 0.29) is 24.9 Å². The summed E-state index contributed by atoms with van der Waals surface area (Å²) < 4.78 is 15.3. The molecule has 0 saturated carbocycles. The minimum absolute atomic E-state index is 0.247. The average Bonchev–Trinajstić information content (AvgIpc) is 3.15. The second kappa shape index (κ2) is 7.70. The van der Waals surface area contributed by atoms with Crippen LogP contribution in [-0.2, 0) is 24.4 Å². The zero-order valence-electron chi connectivity index (χ0n) is 15.4. The number of fused-ring (bicyclic) bond motifs is 1. The summed E-state index contributed by atoms with van der Waals surface area (Å²) in [6.45, 7) is 0.637. The van der Waals surface area contributed by atoms with Crippen molar-refractivity contribution in [2.75, 3.05) is 11.4 Å². The van der Waals surface area contributed by atoms with Crippen molar-refractivity contribution in [3.63, 3.8) is 0 Å². The summed E-state index contributed by atoms with van der Waals surface area (Å²) in [7, 11) is 0. The number of hydrogen-bond donors (Lipinski definition) is 1. The fraction of sp³-hybridized carbons (Fsp3) is 0.200. The molecule has 8 nitrogen and oxygen atoms in total. The van der Waals surface area contributed by atoms with E-state index in [0.29, 0.717) is 18.8 Å². The van der Waals surface area contributed by atoms with Gasteiger partial charge in [-0.3, -0.25) is 19.0 Å². The molecule has 0 bridgehead atoms. The molecule has 9 heteroatoms. The molecule has 0 fully saturated rings. The number of nitrogens with zero attached hydrogens (tertiary/aromatic N) is 4. The van der Waals surface area contributed by atoms with Crippen LogP contribution in [0.3, 0.4) is 0 Å². The van der Waals surface area contributed by atoms with Gasteiger partial charge in [-0.05, 0) is 29.8 Å². The topological polar surface area (TPSA) is 89.2 Å². The van der Waals surface area contributed by atoms with Gasteiger partial charge in [0.1, 0.15) is 12.4 Å². The molecule has 3 aromatic rings. The van der Waals surface area contributed by atoms with Gasteiger partial charge in [0.05, 0.1) is 0 Å². The van der Waals surface area contributed by atoms with Gasteiger partial charge < -0.3 is 10.2 Å². The Balaban J connectivity index is 1.57. The number of halogens is 1. The Kier molecular flexibility index (Phi) is 4.94. The SMILES string of the molecule is O=C(Cn1nc2n(c(=O)c1=O)CCN2c1ccc(F)cc1)NCc1ccccc1. The third-order valence-corrected chi connectivity index (χ3v) is 4.67. The Labute approximate surface area is 164 Å². The molecule has 1 N–H and O–H groups in total. The number of carbonyl (C=O) groups excluding carboxylic acids is 1. The second-order valence-corrected chi connectivity index (χ2v) is 6.61. The fourth-order valence-corrected chi connectivity index (χ4v) is 3.19. The minimum atomic E-state index is -0.857. The van der Waals surface area contributed by atoms with Gasteiger partial charge in [-0.1, -0.05) is 30.3 Å². The van der Waals surface area contributed by atoms with Crippen molar-refractivity contribution in [3.05, 3.63) is 86.7 Å². The quantitative estimate of drug-likeness (QED) is 0.652. The Bertz CT molecular complexity index is 1160. The molecule has 0 atom stereocenters. The van der Waals surface area contributed by atoms with Gasteiger partial charge in [-0.15, -0.1) is 5.10 Å². The first-order valence-corrected chi connectivity index (χ1v) is 9.08. The third kappa shape index (κ3) is 3.79. The van der Waals surface area contributed by atoms with Crippen LogP contribution in [0.2, 0.25) is 0 Å². The van der Waals surface area contributed by atoms with Gasteiger partial charge >= 0.3 is 11.1 Å². The highest BCUT2D eigenvalue weighted by Crippen LogP contribution is 2.26. The van der Waals surface area contributed by atoms with Gasteiger partial charge in [-0.25, -0.2) is 9.07 Å². The van der Waals surface area contributed by atoms with Gasteiger partial charge in [-0.2, -0.15) is 0 Å². The Morgan fingerprint density at radius 1 is 1.00 bits per heavy atom. The van der Waals surface area contributed by atoms with E-state index >= 15 is 0 Å². The number of hydrogen-bond acceptors (Lipinski definition) is 5. The molecule has 4 rings (SSSR count). The monoisotopic (exact) mass is 395 g/mol. The maximum Gasteiger partial charge on any atom is 0.333 e. The van der Waals surface area contributed by atoms with E-state index in [2.05, 4.69) is 10.4 Å². The van der Waals surface area contributed by atoms with Crippen LogP contribution in [-0.4, -0.2) is 26.8 Å². The summed E-state index contributed by atoms with van der Waals surface area (Å²) in [5.74, 6) is -0.561. The smallest absolute Gasteiger partial charge is 0.333 e. The predicted molar refractivity (Wildman–Crippen MR) is 104 cm³/mol. The van der Waals surface area contributed by atoms with Crippen molar-refractivity contribution in [1.29, 1.82) is 0 Å². The summed E-state index contributed by atoms with van der Waals surface area (Å²) in [4.78, 5) is 38.8. The summed E-state index contributed by atoms with van der Waals surface area (Å²) in [5.41, 5.74) is -0.0408. The molecule has 0 unspecified atom stereocenters. The van der Waals surface area contributed by atoms with Crippen molar-refractivity contribution in [2.24, 2.45) is 0 Å². The number of amides is 1. The van der Waals surface area contributed by atoms with Crippen molar-refractivity contribution in [3.8, 4) is 0 Å². The van der Waals surface area contributed by atoms with E-state index in [1.165, 1.54) is 16.7 Å². The van der Waals surface area contributed by atoms with Crippen LogP contribution in [0.15, 0.2) is 64.2 Å². The van der Waals surface area contributed by atoms with E-state index in [4.69, 9.17) is 0 Å². The van der Waals surface area contributed by atoms with Gasteiger partial charge in [0.25, 0.3) is 0 Å². The van der Waals surface area contributed by atoms with E-state index in [1.54, 1.807) is 17.0 Å². The molecule has 0 aliphatic carbocycles. The zero-order valence-corrected chi connectivity index (χ0v) is 15.4. The standard InChI is InChI=1S/C20H18FN5O3/c21-15-6-8-16(9-7-15)24-10-11-25-18(28)19(29)26(23-20(24)25)13-17(27)22-12-14-4-2-1-3-5-14/h1-9H,10-13H2,(H,22,27). The minimum Gasteiger partial charge on any atom is -0.350 e. The Morgan fingerprint density at radius 2 is 1.72 bits per heavy atom. The highest BCUT2D eigenvalue weighted by molar-refractivity contribution is 5.75. The lowest BCUT2D eigenvalue weighted by Gasteiger charge is -2.17. The summed E-state index contributed by atoms with van der Waals surface area (Å²) in [5, 5.41) is 6.94. The number of carbonyl (C=O) groups is 1. The lowest BCUT2D eigenvalue weighted by molar-refractivity contribution is -0.122. The molecule has 0 saturated heterocycles. The first-order valence-electron chi connectivity index (χ1n) is 9.08. The molecule has 2 aromatic carbocycles. The molecule has 1 amide bonds. The van der Waals surface area contributed by atoms with Crippen molar-refractivity contribution in [1.82, 2.24) is 19.7 Å². The maximum absolute atomic E-state index is 13.2.